The van der Waals surface area contributed by atoms with Crippen molar-refractivity contribution in [2.75, 3.05) is 0 Å². The first-order valence-electron chi connectivity index (χ1n) is 9.75. The van der Waals surface area contributed by atoms with E-state index in [9.17, 15) is 0 Å². The van der Waals surface area contributed by atoms with E-state index in [-0.39, 0.29) is 0 Å². The predicted molar refractivity (Wildman–Crippen MR) is 119 cm³/mol. The number of nitrogens with zero attached hydrogens (tertiary/aromatic N) is 2. The summed E-state index contributed by atoms with van der Waals surface area (Å²) in [5.41, 5.74) is 9.10. The molecule has 4 nitrogen and oxygen atoms in total. The Bertz CT molecular complexity index is 1710. The standard InChI is InChI=1S/C25H16N4/c1-2-6-19-17(5-1)18-13-15(9-11-20(18)26-19)16-10-12-22-24(14-16)29-23-8-4-3-7-21(23)27-25(29)28-22/h1-14,26H,(H,27,28). The summed E-state index contributed by atoms with van der Waals surface area (Å²) in [5.74, 6) is 0.880. The highest BCUT2D eigenvalue weighted by atomic mass is 15.1. The van der Waals surface area contributed by atoms with Gasteiger partial charge in [-0.2, -0.15) is 0 Å². The third-order valence-electron chi connectivity index (χ3n) is 5.89. The molecular formula is C25H16N4. The zero-order valence-corrected chi connectivity index (χ0v) is 15.5. The highest BCUT2D eigenvalue weighted by molar-refractivity contribution is 6.08. The van der Waals surface area contributed by atoms with Crippen molar-refractivity contribution in [2.24, 2.45) is 0 Å². The third kappa shape index (κ3) is 2.00. The molecule has 0 spiro atoms. The van der Waals surface area contributed by atoms with Crippen molar-refractivity contribution in [1.29, 1.82) is 0 Å². The highest BCUT2D eigenvalue weighted by Crippen LogP contribution is 2.32. The number of aromatic nitrogens is 4. The molecule has 0 aliphatic heterocycles. The molecule has 0 radical (unpaired) electrons. The largest absolute Gasteiger partial charge is 0.355 e. The van der Waals surface area contributed by atoms with Gasteiger partial charge in [0.25, 0.3) is 0 Å². The number of imidazole rings is 2. The maximum atomic E-state index is 4.77. The van der Waals surface area contributed by atoms with E-state index in [2.05, 4.69) is 93.2 Å². The SMILES string of the molecule is c1ccc2c(c1)[nH]c1ccc(-c3ccc4nc5[nH]c6ccccc6n5c4c3)cc12. The lowest BCUT2D eigenvalue weighted by molar-refractivity contribution is 1.28. The van der Waals surface area contributed by atoms with Crippen molar-refractivity contribution in [2.45, 2.75) is 0 Å². The summed E-state index contributed by atoms with van der Waals surface area (Å²) in [5, 5.41) is 2.51. The molecule has 0 unspecified atom stereocenters. The molecule has 0 aliphatic rings. The molecule has 7 rings (SSSR count). The Morgan fingerprint density at radius 2 is 1.34 bits per heavy atom. The molecule has 4 heteroatoms. The van der Waals surface area contributed by atoms with Crippen LogP contribution in [0.3, 0.4) is 0 Å². The van der Waals surface area contributed by atoms with Crippen LogP contribution < -0.4 is 0 Å². The first kappa shape index (κ1) is 14.9. The van der Waals surface area contributed by atoms with Crippen molar-refractivity contribution in [3.63, 3.8) is 0 Å². The van der Waals surface area contributed by atoms with Gasteiger partial charge in [-0.1, -0.05) is 42.5 Å². The van der Waals surface area contributed by atoms with Gasteiger partial charge in [-0.05, 0) is 53.6 Å². The lowest BCUT2D eigenvalue weighted by atomic mass is 10.0. The minimum Gasteiger partial charge on any atom is -0.355 e. The molecule has 0 aliphatic carbocycles. The Morgan fingerprint density at radius 3 is 2.31 bits per heavy atom. The lowest BCUT2D eigenvalue weighted by Crippen LogP contribution is -1.83. The van der Waals surface area contributed by atoms with Crippen LogP contribution in [0.4, 0.5) is 0 Å². The van der Waals surface area contributed by atoms with Crippen LogP contribution in [0.1, 0.15) is 0 Å². The Balaban J connectivity index is 1.50. The first-order chi connectivity index (χ1) is 14.3. The summed E-state index contributed by atoms with van der Waals surface area (Å²) >= 11 is 0. The Hall–Kier alpha value is -4.05. The van der Waals surface area contributed by atoms with Gasteiger partial charge in [0, 0.05) is 21.8 Å². The fourth-order valence-electron chi connectivity index (χ4n) is 4.51. The van der Waals surface area contributed by atoms with E-state index in [4.69, 9.17) is 4.98 Å². The Morgan fingerprint density at radius 1 is 0.586 bits per heavy atom. The van der Waals surface area contributed by atoms with Gasteiger partial charge in [-0.3, -0.25) is 4.40 Å². The van der Waals surface area contributed by atoms with Gasteiger partial charge in [0.05, 0.1) is 22.1 Å². The molecule has 7 aromatic rings. The highest BCUT2D eigenvalue weighted by Gasteiger charge is 2.12. The van der Waals surface area contributed by atoms with Crippen LogP contribution in [-0.4, -0.2) is 19.4 Å². The van der Waals surface area contributed by atoms with Crippen molar-refractivity contribution in [3.8, 4) is 11.1 Å². The van der Waals surface area contributed by atoms with E-state index < -0.39 is 0 Å². The van der Waals surface area contributed by atoms with Gasteiger partial charge >= 0.3 is 0 Å². The van der Waals surface area contributed by atoms with Crippen LogP contribution in [0.5, 0.6) is 0 Å². The zero-order valence-electron chi connectivity index (χ0n) is 15.5. The second kappa shape index (κ2) is 5.26. The molecule has 0 saturated carbocycles. The minimum absolute atomic E-state index is 0.880. The summed E-state index contributed by atoms with van der Waals surface area (Å²) in [7, 11) is 0. The smallest absolute Gasteiger partial charge is 0.213 e. The van der Waals surface area contributed by atoms with Crippen LogP contribution in [0, 0.1) is 0 Å². The summed E-state index contributed by atoms with van der Waals surface area (Å²) in [6, 6.07) is 29.9. The summed E-state index contributed by atoms with van der Waals surface area (Å²) in [4.78, 5) is 11.7. The first-order valence-corrected chi connectivity index (χ1v) is 9.75. The number of hydrogen-bond donors (Lipinski definition) is 2. The van der Waals surface area contributed by atoms with Crippen molar-refractivity contribution >= 4 is 49.7 Å². The van der Waals surface area contributed by atoms with Crippen molar-refractivity contribution in [3.05, 3.63) is 84.9 Å². The fraction of sp³-hybridized carbons (Fsp3) is 0. The van der Waals surface area contributed by atoms with Crippen LogP contribution in [0.15, 0.2) is 84.9 Å². The van der Waals surface area contributed by atoms with E-state index in [1.165, 1.54) is 32.9 Å². The predicted octanol–water partition coefficient (Wildman–Crippen LogP) is 6.27. The van der Waals surface area contributed by atoms with E-state index in [0.717, 1.165) is 27.8 Å². The van der Waals surface area contributed by atoms with Gasteiger partial charge in [0.15, 0.2) is 0 Å². The summed E-state index contributed by atoms with van der Waals surface area (Å²) in [6.07, 6.45) is 0. The van der Waals surface area contributed by atoms with E-state index >= 15 is 0 Å². The molecule has 4 aromatic carbocycles. The van der Waals surface area contributed by atoms with Crippen molar-refractivity contribution < 1.29 is 0 Å². The third-order valence-corrected chi connectivity index (χ3v) is 5.89. The number of aromatic amines is 2. The normalized spacial score (nSPS) is 12.1. The molecule has 136 valence electrons. The van der Waals surface area contributed by atoms with Gasteiger partial charge in [0.1, 0.15) is 0 Å². The quantitative estimate of drug-likeness (QED) is 0.350. The Labute approximate surface area is 165 Å². The maximum Gasteiger partial charge on any atom is 0.213 e. The van der Waals surface area contributed by atoms with Crippen molar-refractivity contribution in [1.82, 2.24) is 19.4 Å². The molecule has 0 bridgehead atoms. The van der Waals surface area contributed by atoms with Gasteiger partial charge in [0.2, 0.25) is 5.78 Å². The maximum absolute atomic E-state index is 4.77. The van der Waals surface area contributed by atoms with Crippen LogP contribution in [0.25, 0.3) is 60.8 Å². The molecule has 3 aromatic heterocycles. The molecular weight excluding hydrogens is 356 g/mol. The zero-order chi connectivity index (χ0) is 18.9. The number of benzene rings is 4. The average molecular weight is 372 g/mol. The topological polar surface area (TPSA) is 48.9 Å². The van der Waals surface area contributed by atoms with E-state index in [0.29, 0.717) is 0 Å². The molecule has 0 amide bonds. The number of hydrogen-bond acceptors (Lipinski definition) is 1. The molecule has 0 atom stereocenters. The fourth-order valence-corrected chi connectivity index (χ4v) is 4.51. The molecule has 0 saturated heterocycles. The molecule has 3 heterocycles. The second-order valence-corrected chi connectivity index (χ2v) is 7.55. The molecule has 2 N–H and O–H groups in total. The molecule has 29 heavy (non-hydrogen) atoms. The number of nitrogens with one attached hydrogen (secondary N) is 2. The Kier molecular flexibility index (Phi) is 2.71. The van der Waals surface area contributed by atoms with E-state index in [1.54, 1.807) is 0 Å². The summed E-state index contributed by atoms with van der Waals surface area (Å²) in [6.45, 7) is 0. The average Bonchev–Trinajstić information content (AvgIpc) is 3.42. The second-order valence-electron chi connectivity index (χ2n) is 7.55. The van der Waals surface area contributed by atoms with E-state index in [1.807, 2.05) is 6.07 Å². The number of para-hydroxylation sites is 3. The number of H-pyrrole nitrogens is 2. The number of fused-ring (bicyclic) bond motifs is 8. The van der Waals surface area contributed by atoms with Crippen LogP contribution in [0.2, 0.25) is 0 Å². The van der Waals surface area contributed by atoms with Gasteiger partial charge in [-0.25, -0.2) is 4.98 Å². The summed E-state index contributed by atoms with van der Waals surface area (Å²) < 4.78 is 2.21. The molecule has 0 fully saturated rings. The van der Waals surface area contributed by atoms with Gasteiger partial charge in [-0.15, -0.1) is 0 Å². The van der Waals surface area contributed by atoms with Gasteiger partial charge < -0.3 is 9.97 Å². The number of rotatable bonds is 1. The lowest BCUT2D eigenvalue weighted by Gasteiger charge is -2.03. The van der Waals surface area contributed by atoms with Crippen LogP contribution in [-0.2, 0) is 0 Å². The van der Waals surface area contributed by atoms with Crippen LogP contribution >= 0.6 is 0 Å². The monoisotopic (exact) mass is 372 g/mol. The minimum atomic E-state index is 0.880.